The zero-order valence-corrected chi connectivity index (χ0v) is 12.4. The molecule has 6 heteroatoms. The number of hydrogen-bond acceptors (Lipinski definition) is 5. The van der Waals surface area contributed by atoms with Crippen molar-refractivity contribution in [3.63, 3.8) is 0 Å². The number of anilines is 1. The molecule has 2 aromatic heterocycles. The first kappa shape index (κ1) is 13.8. The molecule has 0 saturated heterocycles. The molecule has 0 aliphatic rings. The molecule has 1 amide bonds. The van der Waals surface area contributed by atoms with Crippen molar-refractivity contribution in [1.29, 1.82) is 0 Å². The van der Waals surface area contributed by atoms with E-state index < -0.39 is 5.97 Å². The van der Waals surface area contributed by atoms with Gasteiger partial charge in [0.25, 0.3) is 5.91 Å². The van der Waals surface area contributed by atoms with Crippen LogP contribution in [0.1, 0.15) is 31.2 Å². The van der Waals surface area contributed by atoms with Crippen LogP contribution in [0.2, 0.25) is 0 Å². The van der Waals surface area contributed by atoms with E-state index in [2.05, 4.69) is 5.32 Å². The van der Waals surface area contributed by atoms with Crippen LogP contribution in [0.15, 0.2) is 16.8 Å². The van der Waals surface area contributed by atoms with E-state index >= 15 is 0 Å². The Bertz CT molecular complexity index is 614. The van der Waals surface area contributed by atoms with E-state index in [1.165, 1.54) is 29.8 Å². The van der Waals surface area contributed by atoms with E-state index in [0.29, 0.717) is 16.1 Å². The van der Waals surface area contributed by atoms with Gasteiger partial charge in [-0.15, -0.1) is 11.3 Å². The van der Waals surface area contributed by atoms with Crippen LogP contribution in [0.4, 0.5) is 5.00 Å². The lowest BCUT2D eigenvalue weighted by Crippen LogP contribution is -2.13. The Hall–Kier alpha value is -1.66. The second-order valence-corrected chi connectivity index (χ2v) is 5.95. The van der Waals surface area contributed by atoms with Crippen LogP contribution in [-0.2, 0) is 4.74 Å². The average molecular weight is 295 g/mol. The van der Waals surface area contributed by atoms with Gasteiger partial charge in [-0.2, -0.15) is 11.3 Å². The molecule has 0 aliphatic carbocycles. The predicted molar refractivity (Wildman–Crippen MR) is 77.4 cm³/mol. The number of rotatable bonds is 3. The third-order valence-electron chi connectivity index (χ3n) is 2.79. The van der Waals surface area contributed by atoms with Crippen molar-refractivity contribution in [1.82, 2.24) is 0 Å². The zero-order chi connectivity index (χ0) is 14.0. The van der Waals surface area contributed by atoms with Crippen LogP contribution in [-0.4, -0.2) is 19.0 Å². The Kier molecular flexibility index (Phi) is 4.01. The summed E-state index contributed by atoms with van der Waals surface area (Å²) in [6.45, 7) is 3.75. The van der Waals surface area contributed by atoms with Gasteiger partial charge in [0.15, 0.2) is 0 Å². The summed E-state index contributed by atoms with van der Waals surface area (Å²) in [4.78, 5) is 24.8. The molecule has 0 atom stereocenters. The van der Waals surface area contributed by atoms with Gasteiger partial charge in [0.05, 0.1) is 18.2 Å². The fraction of sp³-hybridized carbons (Fsp3) is 0.231. The molecule has 4 nitrogen and oxygen atoms in total. The fourth-order valence-electron chi connectivity index (χ4n) is 1.63. The van der Waals surface area contributed by atoms with Gasteiger partial charge >= 0.3 is 5.97 Å². The Morgan fingerprint density at radius 2 is 2.05 bits per heavy atom. The summed E-state index contributed by atoms with van der Waals surface area (Å²) in [5.74, 6) is -0.643. The molecule has 2 heterocycles. The summed E-state index contributed by atoms with van der Waals surface area (Å²) in [7, 11) is 1.33. The molecule has 1 N–H and O–H groups in total. The van der Waals surface area contributed by atoms with E-state index in [1.54, 1.807) is 11.4 Å². The van der Waals surface area contributed by atoms with Crippen molar-refractivity contribution in [2.24, 2.45) is 0 Å². The topological polar surface area (TPSA) is 55.4 Å². The molecule has 2 rings (SSSR count). The lowest BCUT2D eigenvalue weighted by Gasteiger charge is -2.05. The molecular weight excluding hydrogens is 282 g/mol. The summed E-state index contributed by atoms with van der Waals surface area (Å²) in [6.07, 6.45) is 0. The molecule has 19 heavy (non-hydrogen) atoms. The Morgan fingerprint density at radius 1 is 1.32 bits per heavy atom. The number of carbonyl (C=O) groups excluding carboxylic acids is 2. The minimum absolute atomic E-state index is 0.215. The number of hydrogen-bond donors (Lipinski definition) is 1. The van der Waals surface area contributed by atoms with Gasteiger partial charge in [0, 0.05) is 10.3 Å². The largest absolute Gasteiger partial charge is 0.465 e. The average Bonchev–Trinajstić information content (AvgIpc) is 2.99. The van der Waals surface area contributed by atoms with Gasteiger partial charge < -0.3 is 10.1 Å². The minimum Gasteiger partial charge on any atom is -0.465 e. The van der Waals surface area contributed by atoms with Gasteiger partial charge in [-0.1, -0.05) is 0 Å². The summed E-state index contributed by atoms with van der Waals surface area (Å²) in [6, 6.07) is 1.74. The highest BCUT2D eigenvalue weighted by molar-refractivity contribution is 7.16. The van der Waals surface area contributed by atoms with Gasteiger partial charge in [-0.05, 0) is 30.9 Å². The molecule has 0 saturated carbocycles. The number of carbonyl (C=O) groups is 2. The van der Waals surface area contributed by atoms with Crippen LogP contribution in [0.5, 0.6) is 0 Å². The molecule has 0 bridgehead atoms. The van der Waals surface area contributed by atoms with E-state index in [4.69, 9.17) is 4.74 Å². The minimum atomic E-state index is -0.428. The third-order valence-corrected chi connectivity index (χ3v) is 4.59. The fourth-order valence-corrected chi connectivity index (χ4v) is 3.31. The smallest absolute Gasteiger partial charge is 0.341 e. The molecule has 0 radical (unpaired) electrons. The first-order chi connectivity index (χ1) is 9.04. The summed E-state index contributed by atoms with van der Waals surface area (Å²) >= 11 is 2.83. The number of nitrogens with one attached hydrogen (secondary N) is 1. The normalized spacial score (nSPS) is 10.3. The highest BCUT2D eigenvalue weighted by Crippen LogP contribution is 2.33. The second kappa shape index (κ2) is 5.54. The molecule has 2 aromatic rings. The highest BCUT2D eigenvalue weighted by atomic mass is 32.1. The molecule has 0 fully saturated rings. The van der Waals surface area contributed by atoms with Crippen LogP contribution >= 0.6 is 22.7 Å². The lowest BCUT2D eigenvalue weighted by atomic mass is 10.1. The van der Waals surface area contributed by atoms with Crippen LogP contribution < -0.4 is 5.32 Å². The first-order valence-corrected chi connectivity index (χ1v) is 7.32. The Morgan fingerprint density at radius 3 is 2.63 bits per heavy atom. The van der Waals surface area contributed by atoms with E-state index in [9.17, 15) is 9.59 Å². The molecular formula is C13H13NO3S2. The van der Waals surface area contributed by atoms with Gasteiger partial charge in [0.1, 0.15) is 5.00 Å². The number of esters is 1. The van der Waals surface area contributed by atoms with Gasteiger partial charge in [-0.3, -0.25) is 4.79 Å². The van der Waals surface area contributed by atoms with Gasteiger partial charge in [-0.25, -0.2) is 4.79 Å². The second-order valence-electron chi connectivity index (χ2n) is 3.95. The predicted octanol–water partition coefficient (Wildman–Crippen LogP) is 3.47. The molecule has 0 aromatic carbocycles. The van der Waals surface area contributed by atoms with Crippen LogP contribution in [0, 0.1) is 13.8 Å². The van der Waals surface area contributed by atoms with E-state index in [1.807, 2.05) is 19.2 Å². The molecule has 0 unspecified atom stereocenters. The molecule has 100 valence electrons. The summed E-state index contributed by atoms with van der Waals surface area (Å²) < 4.78 is 4.76. The number of ether oxygens (including phenoxy) is 1. The summed E-state index contributed by atoms with van der Waals surface area (Å²) in [5.41, 5.74) is 1.87. The van der Waals surface area contributed by atoms with Crippen molar-refractivity contribution in [2.45, 2.75) is 13.8 Å². The summed E-state index contributed by atoms with van der Waals surface area (Å²) in [5, 5.41) is 6.91. The van der Waals surface area contributed by atoms with Gasteiger partial charge in [0.2, 0.25) is 0 Å². The number of amides is 1. The Labute approximate surface area is 119 Å². The maximum absolute atomic E-state index is 12.0. The zero-order valence-electron chi connectivity index (χ0n) is 10.8. The standard InChI is InChI=1S/C13H13NO3S2/c1-7-8(2)19-12(10(7)13(16)17-3)14-11(15)9-4-5-18-6-9/h4-6H,1-3H3,(H,14,15). The van der Waals surface area contributed by atoms with Crippen molar-refractivity contribution >= 4 is 39.6 Å². The van der Waals surface area contributed by atoms with Crippen LogP contribution in [0.3, 0.4) is 0 Å². The first-order valence-electron chi connectivity index (χ1n) is 5.56. The molecule has 0 spiro atoms. The maximum atomic E-state index is 12.0. The number of aryl methyl sites for hydroxylation is 1. The third kappa shape index (κ3) is 2.69. The molecule has 0 aliphatic heterocycles. The maximum Gasteiger partial charge on any atom is 0.341 e. The van der Waals surface area contributed by atoms with E-state index in [0.717, 1.165) is 10.4 Å². The quantitative estimate of drug-likeness (QED) is 0.882. The van der Waals surface area contributed by atoms with Crippen molar-refractivity contribution in [3.8, 4) is 0 Å². The number of thiophene rings is 2. The van der Waals surface area contributed by atoms with Crippen molar-refractivity contribution in [3.05, 3.63) is 38.4 Å². The highest BCUT2D eigenvalue weighted by Gasteiger charge is 2.21. The Balaban J connectivity index is 2.33. The van der Waals surface area contributed by atoms with Crippen molar-refractivity contribution < 1.29 is 14.3 Å². The number of methoxy groups -OCH3 is 1. The SMILES string of the molecule is COC(=O)c1c(NC(=O)c2ccsc2)sc(C)c1C. The lowest BCUT2D eigenvalue weighted by molar-refractivity contribution is 0.0601. The van der Waals surface area contributed by atoms with Crippen molar-refractivity contribution in [2.75, 3.05) is 12.4 Å². The van der Waals surface area contributed by atoms with Crippen LogP contribution in [0.25, 0.3) is 0 Å². The van der Waals surface area contributed by atoms with E-state index in [-0.39, 0.29) is 5.91 Å². The monoisotopic (exact) mass is 295 g/mol.